The van der Waals surface area contributed by atoms with Crippen molar-refractivity contribution in [3.8, 4) is 5.75 Å². The van der Waals surface area contributed by atoms with Gasteiger partial charge in [-0.1, -0.05) is 6.07 Å². The molecule has 0 saturated carbocycles. The van der Waals surface area contributed by atoms with Gasteiger partial charge in [-0.05, 0) is 45.0 Å². The smallest absolute Gasteiger partial charge is 0.259 e. The van der Waals surface area contributed by atoms with Crippen molar-refractivity contribution in [3.63, 3.8) is 0 Å². The summed E-state index contributed by atoms with van der Waals surface area (Å²) in [6, 6.07) is 5.32. The summed E-state index contributed by atoms with van der Waals surface area (Å²) in [5.74, 6) is 1.20. The van der Waals surface area contributed by atoms with Gasteiger partial charge < -0.3 is 20.3 Å². The lowest BCUT2D eigenvalue weighted by atomic mass is 9.95. The predicted octanol–water partition coefficient (Wildman–Crippen LogP) is 1.69. The summed E-state index contributed by atoms with van der Waals surface area (Å²) in [5, 5.41) is 0. The third kappa shape index (κ3) is 3.67. The van der Waals surface area contributed by atoms with E-state index in [1.807, 2.05) is 4.90 Å². The highest BCUT2D eigenvalue weighted by atomic mass is 16.5. The van der Waals surface area contributed by atoms with E-state index < -0.39 is 0 Å². The number of piperidine rings is 1. The van der Waals surface area contributed by atoms with Crippen LogP contribution in [0.5, 0.6) is 5.75 Å². The second-order valence-electron chi connectivity index (χ2n) is 5.92. The molecule has 0 spiro atoms. The van der Waals surface area contributed by atoms with Crippen LogP contribution in [-0.4, -0.2) is 56.5 Å². The molecule has 1 aliphatic rings. The van der Waals surface area contributed by atoms with E-state index in [9.17, 15) is 4.79 Å². The molecule has 0 aromatic heterocycles. The first-order valence-corrected chi connectivity index (χ1v) is 7.39. The molecule has 1 aromatic carbocycles. The topological polar surface area (TPSA) is 58.8 Å². The molecule has 116 valence electrons. The SMILES string of the molecule is COc1cccc(N)c1C(=O)N1CCC(CN(C)C)CC1. The monoisotopic (exact) mass is 291 g/mol. The maximum atomic E-state index is 12.7. The van der Waals surface area contributed by atoms with E-state index >= 15 is 0 Å². The number of nitrogen functional groups attached to an aromatic ring is 1. The van der Waals surface area contributed by atoms with Crippen LogP contribution in [0.2, 0.25) is 0 Å². The van der Waals surface area contributed by atoms with Gasteiger partial charge >= 0.3 is 0 Å². The Morgan fingerprint density at radius 1 is 1.38 bits per heavy atom. The Morgan fingerprint density at radius 2 is 2.05 bits per heavy atom. The van der Waals surface area contributed by atoms with E-state index in [0.717, 1.165) is 32.5 Å². The lowest BCUT2D eigenvalue weighted by Crippen LogP contribution is -2.41. The zero-order valence-electron chi connectivity index (χ0n) is 13.1. The van der Waals surface area contributed by atoms with Crippen LogP contribution < -0.4 is 10.5 Å². The van der Waals surface area contributed by atoms with E-state index in [1.165, 1.54) is 0 Å². The number of benzene rings is 1. The van der Waals surface area contributed by atoms with Gasteiger partial charge in [0.1, 0.15) is 11.3 Å². The fourth-order valence-corrected chi connectivity index (χ4v) is 2.94. The summed E-state index contributed by atoms with van der Waals surface area (Å²) in [6.45, 7) is 2.66. The van der Waals surface area contributed by atoms with Gasteiger partial charge in [-0.3, -0.25) is 4.79 Å². The first-order valence-electron chi connectivity index (χ1n) is 7.39. The molecule has 21 heavy (non-hydrogen) atoms. The van der Waals surface area contributed by atoms with Crippen LogP contribution in [0.3, 0.4) is 0 Å². The molecule has 5 heteroatoms. The van der Waals surface area contributed by atoms with Crippen molar-refractivity contribution in [2.24, 2.45) is 5.92 Å². The maximum Gasteiger partial charge on any atom is 0.259 e. The zero-order chi connectivity index (χ0) is 15.4. The van der Waals surface area contributed by atoms with Gasteiger partial charge in [-0.25, -0.2) is 0 Å². The Kier molecular flexibility index (Phi) is 5.07. The van der Waals surface area contributed by atoms with Crippen LogP contribution in [0.15, 0.2) is 18.2 Å². The number of amides is 1. The lowest BCUT2D eigenvalue weighted by molar-refractivity contribution is 0.0676. The zero-order valence-corrected chi connectivity index (χ0v) is 13.1. The first-order chi connectivity index (χ1) is 10.0. The quantitative estimate of drug-likeness (QED) is 0.858. The van der Waals surface area contributed by atoms with Crippen molar-refractivity contribution >= 4 is 11.6 Å². The van der Waals surface area contributed by atoms with Crippen LogP contribution in [0.1, 0.15) is 23.2 Å². The lowest BCUT2D eigenvalue weighted by Gasteiger charge is -2.33. The summed E-state index contributed by atoms with van der Waals surface area (Å²) >= 11 is 0. The van der Waals surface area contributed by atoms with Gasteiger partial charge in [-0.2, -0.15) is 0 Å². The van der Waals surface area contributed by atoms with Crippen LogP contribution in [-0.2, 0) is 0 Å². The molecule has 1 heterocycles. The van der Waals surface area contributed by atoms with E-state index in [4.69, 9.17) is 10.5 Å². The minimum absolute atomic E-state index is 0.0201. The predicted molar refractivity (Wildman–Crippen MR) is 84.6 cm³/mol. The number of carbonyl (C=O) groups excluding carboxylic acids is 1. The van der Waals surface area contributed by atoms with Gasteiger partial charge in [0.15, 0.2) is 0 Å². The second kappa shape index (κ2) is 6.80. The summed E-state index contributed by atoms with van der Waals surface area (Å²) in [7, 11) is 5.75. The van der Waals surface area contributed by atoms with Gasteiger partial charge in [0.05, 0.1) is 7.11 Å². The summed E-state index contributed by atoms with van der Waals surface area (Å²) in [5.41, 5.74) is 6.94. The normalized spacial score (nSPS) is 16.3. The Labute approximate surface area is 126 Å². The summed E-state index contributed by atoms with van der Waals surface area (Å²) in [4.78, 5) is 16.8. The molecular weight excluding hydrogens is 266 g/mol. The van der Waals surface area contributed by atoms with Crippen molar-refractivity contribution < 1.29 is 9.53 Å². The van der Waals surface area contributed by atoms with Crippen molar-refractivity contribution in [1.82, 2.24) is 9.80 Å². The summed E-state index contributed by atoms with van der Waals surface area (Å²) in [6.07, 6.45) is 2.08. The first kappa shape index (κ1) is 15.6. The molecular formula is C16H25N3O2. The Balaban J connectivity index is 2.06. The molecule has 1 fully saturated rings. The fraction of sp³-hybridized carbons (Fsp3) is 0.562. The molecule has 1 aromatic rings. The molecule has 0 atom stereocenters. The van der Waals surface area contributed by atoms with Gasteiger partial charge in [0.25, 0.3) is 5.91 Å². The van der Waals surface area contributed by atoms with Crippen LogP contribution in [0, 0.1) is 5.92 Å². The van der Waals surface area contributed by atoms with Crippen molar-refractivity contribution in [1.29, 1.82) is 0 Å². The third-order valence-electron chi connectivity index (χ3n) is 4.02. The number of carbonyl (C=O) groups is 1. The highest BCUT2D eigenvalue weighted by Gasteiger charge is 2.26. The van der Waals surface area contributed by atoms with Gasteiger partial charge in [0, 0.05) is 25.3 Å². The van der Waals surface area contributed by atoms with Crippen LogP contribution >= 0.6 is 0 Å². The van der Waals surface area contributed by atoms with Crippen molar-refractivity contribution in [2.75, 3.05) is 46.6 Å². The molecule has 0 aliphatic carbocycles. The number of methoxy groups -OCH3 is 1. The fourth-order valence-electron chi connectivity index (χ4n) is 2.94. The van der Waals surface area contributed by atoms with Gasteiger partial charge in [-0.15, -0.1) is 0 Å². The average Bonchev–Trinajstić information content (AvgIpc) is 2.46. The second-order valence-corrected chi connectivity index (χ2v) is 5.92. The Morgan fingerprint density at radius 3 is 2.62 bits per heavy atom. The summed E-state index contributed by atoms with van der Waals surface area (Å²) < 4.78 is 5.28. The molecule has 2 N–H and O–H groups in total. The number of hydrogen-bond acceptors (Lipinski definition) is 4. The van der Waals surface area contributed by atoms with E-state index in [0.29, 0.717) is 22.9 Å². The number of nitrogens with zero attached hydrogens (tertiary/aromatic N) is 2. The highest BCUT2D eigenvalue weighted by Crippen LogP contribution is 2.27. The average molecular weight is 291 g/mol. The molecule has 1 amide bonds. The van der Waals surface area contributed by atoms with E-state index in [-0.39, 0.29) is 5.91 Å². The Bertz CT molecular complexity index is 494. The number of likely N-dealkylation sites (tertiary alicyclic amines) is 1. The van der Waals surface area contributed by atoms with Crippen molar-refractivity contribution in [2.45, 2.75) is 12.8 Å². The minimum atomic E-state index is -0.0201. The number of hydrogen-bond donors (Lipinski definition) is 1. The van der Waals surface area contributed by atoms with E-state index in [1.54, 1.807) is 25.3 Å². The molecule has 2 rings (SSSR count). The standard InChI is InChI=1S/C16H25N3O2/c1-18(2)11-12-7-9-19(10-8-12)16(20)15-13(17)5-4-6-14(15)21-3/h4-6,12H,7-11,17H2,1-3H3. The number of anilines is 1. The van der Waals surface area contributed by atoms with Crippen molar-refractivity contribution in [3.05, 3.63) is 23.8 Å². The van der Waals surface area contributed by atoms with Crippen LogP contribution in [0.25, 0.3) is 0 Å². The molecule has 1 saturated heterocycles. The highest BCUT2D eigenvalue weighted by molar-refractivity contribution is 6.01. The number of ether oxygens (including phenoxy) is 1. The molecule has 1 aliphatic heterocycles. The van der Waals surface area contributed by atoms with E-state index in [2.05, 4.69) is 19.0 Å². The van der Waals surface area contributed by atoms with Gasteiger partial charge in [0.2, 0.25) is 0 Å². The largest absolute Gasteiger partial charge is 0.496 e. The van der Waals surface area contributed by atoms with Crippen LogP contribution in [0.4, 0.5) is 5.69 Å². The molecule has 0 unspecified atom stereocenters. The number of nitrogens with two attached hydrogens (primary N) is 1. The Hall–Kier alpha value is -1.75. The molecule has 0 bridgehead atoms. The minimum Gasteiger partial charge on any atom is -0.496 e. The molecule has 0 radical (unpaired) electrons. The third-order valence-corrected chi connectivity index (χ3v) is 4.02. The maximum absolute atomic E-state index is 12.7. The molecule has 5 nitrogen and oxygen atoms in total. The number of rotatable bonds is 4.